The van der Waals surface area contributed by atoms with E-state index in [9.17, 15) is 5.11 Å². The lowest BCUT2D eigenvalue weighted by molar-refractivity contribution is 0.174. The standard InChI is InChI=1S/C15H16O2/c1-17-11-7-6-10-8-15(16)13-5-3-2-4-12(13)14(10)9-11/h2-5,9,15-16H,6-8H2,1H3. The van der Waals surface area contributed by atoms with Crippen molar-refractivity contribution in [3.05, 3.63) is 52.8 Å². The van der Waals surface area contributed by atoms with Gasteiger partial charge in [0, 0.05) is 6.42 Å². The molecule has 0 heterocycles. The lowest BCUT2D eigenvalue weighted by atomic mass is 9.79. The Morgan fingerprint density at radius 3 is 2.88 bits per heavy atom. The van der Waals surface area contributed by atoms with Gasteiger partial charge in [-0.1, -0.05) is 29.8 Å². The Balaban J connectivity index is 2.14. The largest absolute Gasteiger partial charge is 0.501 e. The maximum absolute atomic E-state index is 10.1. The zero-order valence-electron chi connectivity index (χ0n) is 9.94. The third-order valence-electron chi connectivity index (χ3n) is 3.67. The molecule has 0 bridgehead atoms. The molecule has 0 saturated carbocycles. The molecule has 2 aliphatic carbocycles. The van der Waals surface area contributed by atoms with Crippen LogP contribution in [0.15, 0.2) is 41.7 Å². The molecule has 2 aliphatic rings. The predicted molar refractivity (Wildman–Crippen MR) is 67.3 cm³/mol. The number of fused-ring (bicyclic) bond motifs is 2. The van der Waals surface area contributed by atoms with Gasteiger partial charge in [-0.15, -0.1) is 0 Å². The highest BCUT2D eigenvalue weighted by Crippen LogP contribution is 2.42. The van der Waals surface area contributed by atoms with Crippen molar-refractivity contribution >= 4 is 5.57 Å². The maximum atomic E-state index is 10.1. The Hall–Kier alpha value is -1.54. The molecular formula is C15H16O2. The van der Waals surface area contributed by atoms with Gasteiger partial charge >= 0.3 is 0 Å². The molecule has 3 rings (SSSR count). The molecular weight excluding hydrogens is 212 g/mol. The molecule has 0 aromatic heterocycles. The van der Waals surface area contributed by atoms with E-state index in [1.54, 1.807) is 7.11 Å². The molecule has 2 heteroatoms. The Morgan fingerprint density at radius 2 is 2.06 bits per heavy atom. The Labute approximate surface area is 101 Å². The number of allylic oxidation sites excluding steroid dienone is 3. The highest BCUT2D eigenvalue weighted by Gasteiger charge is 2.26. The lowest BCUT2D eigenvalue weighted by Gasteiger charge is -2.29. The average Bonchev–Trinajstić information content (AvgIpc) is 2.39. The molecule has 1 atom stereocenters. The molecule has 1 aromatic carbocycles. The minimum Gasteiger partial charge on any atom is -0.501 e. The van der Waals surface area contributed by atoms with Crippen molar-refractivity contribution in [3.63, 3.8) is 0 Å². The van der Waals surface area contributed by atoms with Gasteiger partial charge in [0.2, 0.25) is 0 Å². The number of ether oxygens (including phenoxy) is 1. The number of hydrogen-bond donors (Lipinski definition) is 1. The summed E-state index contributed by atoms with van der Waals surface area (Å²) in [7, 11) is 1.72. The second kappa shape index (κ2) is 4.04. The molecule has 0 saturated heterocycles. The van der Waals surface area contributed by atoms with Crippen molar-refractivity contribution in [2.75, 3.05) is 7.11 Å². The van der Waals surface area contributed by atoms with Gasteiger partial charge in [-0.3, -0.25) is 0 Å². The highest BCUT2D eigenvalue weighted by molar-refractivity contribution is 5.81. The summed E-state index contributed by atoms with van der Waals surface area (Å²) in [5, 5.41) is 10.1. The van der Waals surface area contributed by atoms with Gasteiger partial charge in [-0.05, 0) is 35.6 Å². The first-order valence-electron chi connectivity index (χ1n) is 6.03. The number of aliphatic hydroxyl groups excluding tert-OH is 1. The molecule has 17 heavy (non-hydrogen) atoms. The van der Waals surface area contributed by atoms with E-state index in [0.717, 1.165) is 36.1 Å². The van der Waals surface area contributed by atoms with Gasteiger partial charge < -0.3 is 9.84 Å². The van der Waals surface area contributed by atoms with Crippen LogP contribution < -0.4 is 0 Å². The van der Waals surface area contributed by atoms with Gasteiger partial charge in [0.25, 0.3) is 0 Å². The van der Waals surface area contributed by atoms with E-state index >= 15 is 0 Å². The minimum absolute atomic E-state index is 0.345. The first kappa shape index (κ1) is 10.6. The summed E-state index contributed by atoms with van der Waals surface area (Å²) in [5.41, 5.74) is 4.82. The molecule has 0 spiro atoms. The van der Waals surface area contributed by atoms with E-state index in [-0.39, 0.29) is 6.10 Å². The minimum atomic E-state index is -0.345. The van der Waals surface area contributed by atoms with Crippen molar-refractivity contribution in [1.82, 2.24) is 0 Å². The molecule has 0 amide bonds. The Morgan fingerprint density at radius 1 is 1.24 bits per heavy atom. The van der Waals surface area contributed by atoms with Gasteiger partial charge in [-0.25, -0.2) is 0 Å². The third kappa shape index (κ3) is 1.69. The van der Waals surface area contributed by atoms with Crippen LogP contribution >= 0.6 is 0 Å². The first-order chi connectivity index (χ1) is 8.29. The summed E-state index contributed by atoms with van der Waals surface area (Å²) in [6.45, 7) is 0. The Bertz CT molecular complexity index is 511. The fraction of sp³-hybridized carbons (Fsp3) is 0.333. The van der Waals surface area contributed by atoms with Gasteiger partial charge in [0.05, 0.1) is 19.0 Å². The van der Waals surface area contributed by atoms with E-state index in [0.29, 0.717) is 0 Å². The quantitative estimate of drug-likeness (QED) is 0.799. The summed E-state index contributed by atoms with van der Waals surface area (Å²) in [6.07, 6.45) is 4.50. The van der Waals surface area contributed by atoms with E-state index in [2.05, 4.69) is 12.1 Å². The van der Waals surface area contributed by atoms with E-state index in [1.807, 2.05) is 18.2 Å². The average molecular weight is 228 g/mol. The first-order valence-corrected chi connectivity index (χ1v) is 6.03. The maximum Gasteiger partial charge on any atom is 0.0964 e. The molecule has 0 aliphatic heterocycles. The van der Waals surface area contributed by atoms with Gasteiger partial charge in [0.15, 0.2) is 0 Å². The molecule has 0 radical (unpaired) electrons. The fourth-order valence-electron chi connectivity index (χ4n) is 2.76. The molecule has 1 unspecified atom stereocenters. The van der Waals surface area contributed by atoms with Crippen LogP contribution in [0.3, 0.4) is 0 Å². The number of aliphatic hydroxyl groups is 1. The molecule has 88 valence electrons. The van der Waals surface area contributed by atoms with Crippen LogP contribution in [0, 0.1) is 0 Å². The summed E-state index contributed by atoms with van der Waals surface area (Å²) in [6, 6.07) is 8.11. The second-order valence-electron chi connectivity index (χ2n) is 4.64. The monoisotopic (exact) mass is 228 g/mol. The van der Waals surface area contributed by atoms with Gasteiger partial charge in [0.1, 0.15) is 0 Å². The van der Waals surface area contributed by atoms with Crippen LogP contribution in [0.1, 0.15) is 36.5 Å². The summed E-state index contributed by atoms with van der Waals surface area (Å²) < 4.78 is 5.35. The third-order valence-corrected chi connectivity index (χ3v) is 3.67. The predicted octanol–water partition coefficient (Wildman–Crippen LogP) is 3.20. The highest BCUT2D eigenvalue weighted by atomic mass is 16.5. The Kier molecular flexibility index (Phi) is 2.52. The fourth-order valence-corrected chi connectivity index (χ4v) is 2.76. The molecule has 1 aromatic rings. The number of hydrogen-bond acceptors (Lipinski definition) is 2. The second-order valence-corrected chi connectivity index (χ2v) is 4.64. The van der Waals surface area contributed by atoms with Gasteiger partial charge in [-0.2, -0.15) is 0 Å². The molecule has 0 fully saturated rings. The summed E-state index contributed by atoms with van der Waals surface area (Å²) in [4.78, 5) is 0. The molecule has 2 nitrogen and oxygen atoms in total. The van der Waals surface area contributed by atoms with E-state index in [1.165, 1.54) is 11.1 Å². The van der Waals surface area contributed by atoms with Crippen LogP contribution in [-0.2, 0) is 4.74 Å². The van der Waals surface area contributed by atoms with Crippen molar-refractivity contribution < 1.29 is 9.84 Å². The van der Waals surface area contributed by atoms with Crippen LogP contribution in [0.5, 0.6) is 0 Å². The van der Waals surface area contributed by atoms with Crippen molar-refractivity contribution in [2.45, 2.75) is 25.4 Å². The SMILES string of the molecule is COC1=CC2=C(CC1)CC(O)c1ccccc12. The topological polar surface area (TPSA) is 29.5 Å². The van der Waals surface area contributed by atoms with Crippen molar-refractivity contribution in [3.8, 4) is 0 Å². The van der Waals surface area contributed by atoms with Crippen LogP contribution in [-0.4, -0.2) is 12.2 Å². The van der Waals surface area contributed by atoms with Crippen molar-refractivity contribution in [2.24, 2.45) is 0 Å². The normalized spacial score (nSPS) is 22.7. The summed E-state index contributed by atoms with van der Waals surface area (Å²) in [5.74, 6) is 1.04. The lowest BCUT2D eigenvalue weighted by Crippen LogP contribution is -2.13. The number of benzene rings is 1. The summed E-state index contributed by atoms with van der Waals surface area (Å²) >= 11 is 0. The smallest absolute Gasteiger partial charge is 0.0964 e. The van der Waals surface area contributed by atoms with E-state index < -0.39 is 0 Å². The molecule has 1 N–H and O–H groups in total. The zero-order chi connectivity index (χ0) is 11.8. The van der Waals surface area contributed by atoms with E-state index in [4.69, 9.17) is 4.74 Å². The van der Waals surface area contributed by atoms with Crippen molar-refractivity contribution in [1.29, 1.82) is 0 Å². The van der Waals surface area contributed by atoms with Crippen LogP contribution in [0.25, 0.3) is 5.57 Å². The number of methoxy groups -OCH3 is 1. The van der Waals surface area contributed by atoms with Crippen LogP contribution in [0.4, 0.5) is 0 Å². The van der Waals surface area contributed by atoms with Crippen LogP contribution in [0.2, 0.25) is 0 Å². The number of rotatable bonds is 1. The zero-order valence-corrected chi connectivity index (χ0v) is 9.94.